The normalized spacial score (nSPS) is 10.6. The zero-order valence-electron chi connectivity index (χ0n) is 8.74. The van der Waals surface area contributed by atoms with Gasteiger partial charge in [0.25, 0.3) is 0 Å². The summed E-state index contributed by atoms with van der Waals surface area (Å²) in [5.41, 5.74) is 1.34. The van der Waals surface area contributed by atoms with E-state index in [1.807, 2.05) is 6.07 Å². The fourth-order valence-corrected chi connectivity index (χ4v) is 1.53. The molecule has 0 saturated heterocycles. The molecule has 0 aliphatic rings. The Morgan fingerprint density at radius 1 is 1.00 bits per heavy atom. The van der Waals surface area contributed by atoms with Gasteiger partial charge in [-0.25, -0.2) is 0 Å². The van der Waals surface area contributed by atoms with Crippen molar-refractivity contribution >= 4 is 10.5 Å². The van der Waals surface area contributed by atoms with E-state index in [1.54, 1.807) is 0 Å². The van der Waals surface area contributed by atoms with Crippen molar-refractivity contribution in [2.24, 2.45) is 0 Å². The van der Waals surface area contributed by atoms with E-state index < -0.39 is 0 Å². The third-order valence-corrected chi connectivity index (χ3v) is 2.42. The lowest BCUT2D eigenvalue weighted by atomic mass is 10.2. The van der Waals surface area contributed by atoms with Crippen LogP contribution in [0, 0.1) is 0 Å². The second kappa shape index (κ2) is 7.73. The van der Waals surface area contributed by atoms with Crippen molar-refractivity contribution in [2.75, 3.05) is 19.8 Å². The van der Waals surface area contributed by atoms with Crippen molar-refractivity contribution in [3.05, 3.63) is 35.9 Å². The first-order chi connectivity index (χ1) is 6.93. The van der Waals surface area contributed by atoms with Crippen LogP contribution in [0.5, 0.6) is 0 Å². The van der Waals surface area contributed by atoms with Crippen molar-refractivity contribution in [3.8, 4) is 0 Å². The summed E-state index contributed by atoms with van der Waals surface area (Å²) in [6, 6.07) is 10.4. The molecule has 1 aromatic rings. The van der Waals surface area contributed by atoms with E-state index >= 15 is 0 Å². The summed E-state index contributed by atoms with van der Waals surface area (Å²) in [6.45, 7) is 2.47. The summed E-state index contributed by atoms with van der Waals surface area (Å²) < 4.78 is 10.5. The standard InChI is InChI=1S/C11H18O2Si/c14-13-9-4-8-12-10-7-11-5-2-1-3-6-11/h1-3,5-6H,4,7-10H2,14H3. The molecule has 0 saturated carbocycles. The smallest absolute Gasteiger partial charge is 0.145 e. The molecule has 0 aliphatic heterocycles. The Kier molecular flexibility index (Phi) is 6.31. The third kappa shape index (κ3) is 5.17. The quantitative estimate of drug-likeness (QED) is 0.492. The van der Waals surface area contributed by atoms with Gasteiger partial charge in [0, 0.05) is 13.2 Å². The fourth-order valence-electron chi connectivity index (χ4n) is 1.24. The number of hydrogen-bond donors (Lipinski definition) is 0. The van der Waals surface area contributed by atoms with Crippen molar-refractivity contribution in [3.63, 3.8) is 0 Å². The van der Waals surface area contributed by atoms with Gasteiger partial charge >= 0.3 is 0 Å². The molecule has 0 amide bonds. The maximum Gasteiger partial charge on any atom is 0.145 e. The summed E-state index contributed by atoms with van der Waals surface area (Å²) >= 11 is 0. The number of rotatable bonds is 7. The Hall–Kier alpha value is -0.643. The van der Waals surface area contributed by atoms with E-state index in [-0.39, 0.29) is 0 Å². The van der Waals surface area contributed by atoms with Crippen molar-refractivity contribution in [2.45, 2.75) is 12.8 Å². The molecule has 0 fully saturated rings. The molecule has 1 aromatic carbocycles. The molecule has 0 spiro atoms. The predicted molar refractivity (Wildman–Crippen MR) is 61.5 cm³/mol. The molecule has 1 rings (SSSR count). The molecule has 0 bridgehead atoms. The Labute approximate surface area is 88.8 Å². The van der Waals surface area contributed by atoms with Crippen molar-refractivity contribution < 1.29 is 9.16 Å². The van der Waals surface area contributed by atoms with Crippen LogP contribution in [0.1, 0.15) is 12.0 Å². The summed E-state index contributed by atoms with van der Waals surface area (Å²) in [7, 11) is 0.833. The van der Waals surface area contributed by atoms with Crippen molar-refractivity contribution in [1.82, 2.24) is 0 Å². The molecule has 0 unspecified atom stereocenters. The highest BCUT2D eigenvalue weighted by atomic mass is 28.2. The van der Waals surface area contributed by atoms with Gasteiger partial charge in [0.2, 0.25) is 0 Å². The van der Waals surface area contributed by atoms with Crippen LogP contribution in [-0.4, -0.2) is 30.3 Å². The Morgan fingerprint density at radius 3 is 2.50 bits per heavy atom. The monoisotopic (exact) mass is 210 g/mol. The zero-order chi connectivity index (χ0) is 10.1. The van der Waals surface area contributed by atoms with Crippen LogP contribution in [0.15, 0.2) is 30.3 Å². The minimum atomic E-state index is 0.811. The van der Waals surface area contributed by atoms with Gasteiger partial charge in [-0.1, -0.05) is 30.3 Å². The highest BCUT2D eigenvalue weighted by Gasteiger charge is 1.91. The first-order valence-corrected chi connectivity index (χ1v) is 5.86. The predicted octanol–water partition coefficient (Wildman–Crippen LogP) is 0.933. The van der Waals surface area contributed by atoms with Crippen LogP contribution in [0.25, 0.3) is 0 Å². The third-order valence-electron chi connectivity index (χ3n) is 2.02. The minimum absolute atomic E-state index is 0.811. The first kappa shape index (κ1) is 11.4. The second-order valence-electron chi connectivity index (χ2n) is 3.19. The molecule has 0 atom stereocenters. The van der Waals surface area contributed by atoms with Crippen LogP contribution in [0.3, 0.4) is 0 Å². The van der Waals surface area contributed by atoms with Crippen LogP contribution in [0.4, 0.5) is 0 Å². The molecule has 0 aliphatic carbocycles. The van der Waals surface area contributed by atoms with E-state index in [4.69, 9.17) is 9.16 Å². The Balaban J connectivity index is 1.99. The summed E-state index contributed by atoms with van der Waals surface area (Å²) in [5.74, 6) is 0. The maximum atomic E-state index is 5.48. The van der Waals surface area contributed by atoms with Crippen LogP contribution in [-0.2, 0) is 15.6 Å². The van der Waals surface area contributed by atoms with E-state index in [1.165, 1.54) is 5.56 Å². The first-order valence-electron chi connectivity index (χ1n) is 5.04. The van der Waals surface area contributed by atoms with Crippen LogP contribution < -0.4 is 0 Å². The summed E-state index contributed by atoms with van der Waals surface area (Å²) in [6.07, 6.45) is 2.01. The lowest BCUT2D eigenvalue weighted by molar-refractivity contribution is 0.123. The summed E-state index contributed by atoms with van der Waals surface area (Å²) in [5, 5.41) is 0. The molecular formula is C11H18O2Si. The van der Waals surface area contributed by atoms with Crippen molar-refractivity contribution in [1.29, 1.82) is 0 Å². The van der Waals surface area contributed by atoms with Crippen LogP contribution in [0.2, 0.25) is 0 Å². The van der Waals surface area contributed by atoms with E-state index in [0.717, 1.165) is 43.1 Å². The summed E-state index contributed by atoms with van der Waals surface area (Å²) in [4.78, 5) is 0. The highest BCUT2D eigenvalue weighted by molar-refractivity contribution is 5.97. The number of hydrogen-bond acceptors (Lipinski definition) is 2. The van der Waals surface area contributed by atoms with Gasteiger partial charge in [0.15, 0.2) is 0 Å². The minimum Gasteiger partial charge on any atom is -0.428 e. The van der Waals surface area contributed by atoms with Gasteiger partial charge < -0.3 is 9.16 Å². The van der Waals surface area contributed by atoms with E-state index in [0.29, 0.717) is 0 Å². The molecular weight excluding hydrogens is 192 g/mol. The molecule has 14 heavy (non-hydrogen) atoms. The van der Waals surface area contributed by atoms with E-state index in [9.17, 15) is 0 Å². The molecule has 3 heteroatoms. The van der Waals surface area contributed by atoms with Crippen LogP contribution >= 0.6 is 0 Å². The molecule has 0 heterocycles. The van der Waals surface area contributed by atoms with Gasteiger partial charge in [0.05, 0.1) is 6.61 Å². The van der Waals surface area contributed by atoms with Gasteiger partial charge in [-0.3, -0.25) is 0 Å². The lowest BCUT2D eigenvalue weighted by Crippen LogP contribution is -2.02. The molecule has 78 valence electrons. The number of ether oxygens (including phenoxy) is 1. The molecule has 0 radical (unpaired) electrons. The lowest BCUT2D eigenvalue weighted by Gasteiger charge is -2.03. The van der Waals surface area contributed by atoms with Gasteiger partial charge in [0.1, 0.15) is 10.5 Å². The second-order valence-corrected chi connectivity index (χ2v) is 3.77. The average Bonchev–Trinajstić information content (AvgIpc) is 2.25. The maximum absolute atomic E-state index is 5.48. The van der Waals surface area contributed by atoms with Gasteiger partial charge in [-0.15, -0.1) is 0 Å². The number of benzene rings is 1. The largest absolute Gasteiger partial charge is 0.428 e. The Morgan fingerprint density at radius 2 is 1.79 bits per heavy atom. The molecule has 2 nitrogen and oxygen atoms in total. The van der Waals surface area contributed by atoms with E-state index in [2.05, 4.69) is 24.3 Å². The highest BCUT2D eigenvalue weighted by Crippen LogP contribution is 1.99. The van der Waals surface area contributed by atoms with Gasteiger partial charge in [-0.05, 0) is 18.4 Å². The SMILES string of the molecule is [SiH3]OCCCOCCc1ccccc1. The van der Waals surface area contributed by atoms with Gasteiger partial charge in [-0.2, -0.15) is 0 Å². The topological polar surface area (TPSA) is 18.5 Å². The Bertz CT molecular complexity index is 226. The zero-order valence-corrected chi connectivity index (χ0v) is 10.7. The fraction of sp³-hybridized carbons (Fsp3) is 0.455. The molecule has 0 aromatic heterocycles. The average molecular weight is 210 g/mol. The molecule has 0 N–H and O–H groups in total.